The number of hydrogen-bond acceptors (Lipinski definition) is 8. The summed E-state index contributed by atoms with van der Waals surface area (Å²) in [5, 5.41) is 22.6. The van der Waals surface area contributed by atoms with E-state index >= 15 is 0 Å². The Hall–Kier alpha value is -3.69. The van der Waals surface area contributed by atoms with Crippen molar-refractivity contribution < 1.29 is 55.6 Å². The quantitative estimate of drug-likeness (QED) is 0.559. The van der Waals surface area contributed by atoms with E-state index in [2.05, 4.69) is 20.1 Å². The predicted octanol–water partition coefficient (Wildman–Crippen LogP) is 3.26. The largest absolute Gasteiger partial charge is 0.490 e. The van der Waals surface area contributed by atoms with Gasteiger partial charge in [0.1, 0.15) is 17.5 Å². The molecular weight excluding hydrogens is 518 g/mol. The van der Waals surface area contributed by atoms with Crippen LogP contribution in [0.4, 0.5) is 32.2 Å². The molecule has 2 aromatic rings. The molecule has 0 aliphatic carbocycles. The molecule has 2 aliphatic heterocycles. The number of rotatable bonds is 3. The Balaban J connectivity index is 0.000000286. The summed E-state index contributed by atoms with van der Waals surface area (Å²) in [7, 11) is 0. The van der Waals surface area contributed by atoms with E-state index in [9.17, 15) is 26.3 Å². The number of halogens is 6. The molecule has 1 atom stereocenters. The molecular formula is C21H22F6N4O6. The zero-order valence-electron chi connectivity index (χ0n) is 19.2. The van der Waals surface area contributed by atoms with Gasteiger partial charge in [0, 0.05) is 19.0 Å². The number of carbonyl (C=O) groups is 2. The van der Waals surface area contributed by atoms with Crippen LogP contribution in [0.25, 0.3) is 0 Å². The molecule has 2 N–H and O–H groups in total. The number of alkyl halides is 6. The second-order valence-corrected chi connectivity index (χ2v) is 7.95. The first-order valence-corrected chi connectivity index (χ1v) is 10.5. The second kappa shape index (κ2) is 12.0. The van der Waals surface area contributed by atoms with Gasteiger partial charge in [-0.3, -0.25) is 4.98 Å². The molecule has 2 saturated heterocycles. The third-order valence-electron chi connectivity index (χ3n) is 4.94. The molecule has 1 spiro atoms. The highest BCUT2D eigenvalue weighted by molar-refractivity contribution is 5.73. The number of aliphatic carboxylic acids is 2. The minimum absolute atomic E-state index is 0.113. The van der Waals surface area contributed by atoms with Crippen LogP contribution in [0.3, 0.4) is 0 Å². The highest BCUT2D eigenvalue weighted by atomic mass is 19.4. The minimum Gasteiger partial charge on any atom is -0.489 e. The van der Waals surface area contributed by atoms with Crippen LogP contribution in [-0.4, -0.2) is 81.1 Å². The molecule has 0 aromatic carbocycles. The normalized spacial score (nSPS) is 18.4. The first-order valence-electron chi connectivity index (χ1n) is 10.5. The lowest BCUT2D eigenvalue weighted by atomic mass is 9.84. The molecule has 0 bridgehead atoms. The molecule has 0 radical (unpaired) electrons. The Kier molecular flexibility index (Phi) is 9.61. The molecule has 2 aliphatic rings. The fraction of sp³-hybridized carbons (Fsp3) is 0.476. The topological polar surface area (TPSA) is 135 Å². The van der Waals surface area contributed by atoms with Crippen molar-refractivity contribution in [2.45, 2.75) is 43.8 Å². The number of pyridine rings is 1. The summed E-state index contributed by atoms with van der Waals surface area (Å²) < 4.78 is 75.6. The zero-order valence-corrected chi connectivity index (χ0v) is 19.2. The Bertz CT molecular complexity index is 1010. The highest BCUT2D eigenvalue weighted by Gasteiger charge is 2.49. The molecule has 37 heavy (non-hydrogen) atoms. The van der Waals surface area contributed by atoms with Crippen molar-refractivity contribution in [3.63, 3.8) is 0 Å². The van der Waals surface area contributed by atoms with E-state index in [1.807, 2.05) is 31.2 Å². The van der Waals surface area contributed by atoms with E-state index in [0.717, 1.165) is 49.8 Å². The van der Waals surface area contributed by atoms with Crippen LogP contribution in [-0.2, 0) is 14.3 Å². The average Bonchev–Trinajstić information content (AvgIpc) is 2.78. The predicted molar refractivity (Wildman–Crippen MR) is 113 cm³/mol. The van der Waals surface area contributed by atoms with Crippen molar-refractivity contribution in [1.82, 2.24) is 15.2 Å². The van der Waals surface area contributed by atoms with Crippen molar-refractivity contribution in [1.29, 1.82) is 0 Å². The van der Waals surface area contributed by atoms with Crippen LogP contribution in [0, 0.1) is 6.92 Å². The van der Waals surface area contributed by atoms with Crippen LogP contribution in [0.1, 0.15) is 18.5 Å². The van der Waals surface area contributed by atoms with Crippen LogP contribution < -0.4 is 9.64 Å². The number of hydrogen-bond donors (Lipinski definition) is 2. The van der Waals surface area contributed by atoms with E-state index in [4.69, 9.17) is 29.3 Å². The van der Waals surface area contributed by atoms with Crippen LogP contribution in [0.5, 0.6) is 5.75 Å². The molecule has 2 fully saturated rings. The number of nitrogens with zero attached hydrogens (tertiary/aromatic N) is 4. The van der Waals surface area contributed by atoms with E-state index in [1.54, 1.807) is 12.4 Å². The van der Waals surface area contributed by atoms with Crippen molar-refractivity contribution in [2.75, 3.05) is 24.6 Å². The maximum absolute atomic E-state index is 10.6. The van der Waals surface area contributed by atoms with Gasteiger partial charge in [0.15, 0.2) is 5.82 Å². The second-order valence-electron chi connectivity index (χ2n) is 7.95. The molecule has 10 nitrogen and oxygen atoms in total. The van der Waals surface area contributed by atoms with Gasteiger partial charge in [-0.1, -0.05) is 0 Å². The van der Waals surface area contributed by atoms with Gasteiger partial charge >= 0.3 is 24.3 Å². The zero-order chi connectivity index (χ0) is 27.9. The van der Waals surface area contributed by atoms with E-state index in [1.165, 1.54) is 0 Å². The number of carboxylic acids is 2. The minimum atomic E-state index is -5.08. The van der Waals surface area contributed by atoms with Gasteiger partial charge in [-0.2, -0.15) is 31.4 Å². The summed E-state index contributed by atoms with van der Waals surface area (Å²) in [5.41, 5.74) is 0.820. The molecule has 0 saturated carbocycles. The standard InChI is InChI=1S/C17H20N4O2.2C2HF3O2/c1-13-4-5-16(20-19-13)21-11-17(12-21)9-14(6-8-22-17)23-15-3-2-7-18-10-15;2*3-2(4,5)1(6)7/h2-5,7,10,14H,6,8-9,11-12H2,1H3;2*(H,6,7). The number of ether oxygens (including phenoxy) is 2. The lowest BCUT2D eigenvalue weighted by molar-refractivity contribution is -0.193. The van der Waals surface area contributed by atoms with Gasteiger partial charge in [0.05, 0.1) is 31.6 Å². The molecule has 204 valence electrons. The van der Waals surface area contributed by atoms with Crippen LogP contribution >= 0.6 is 0 Å². The van der Waals surface area contributed by atoms with Crippen molar-refractivity contribution in [3.8, 4) is 5.75 Å². The van der Waals surface area contributed by atoms with Crippen molar-refractivity contribution >= 4 is 17.8 Å². The first kappa shape index (κ1) is 29.5. The summed E-state index contributed by atoms with van der Waals surface area (Å²) in [6.07, 6.45) is -4.65. The number of aromatic nitrogens is 3. The summed E-state index contributed by atoms with van der Waals surface area (Å²) in [4.78, 5) is 24.1. The lowest BCUT2D eigenvalue weighted by Gasteiger charge is -2.53. The highest BCUT2D eigenvalue weighted by Crippen LogP contribution is 2.37. The summed E-state index contributed by atoms with van der Waals surface area (Å²) in [5.74, 6) is -3.77. The van der Waals surface area contributed by atoms with Crippen molar-refractivity contribution in [2.24, 2.45) is 0 Å². The Morgan fingerprint density at radius 2 is 1.65 bits per heavy atom. The maximum atomic E-state index is 10.6. The molecule has 0 amide bonds. The molecule has 2 aromatic heterocycles. The average molecular weight is 540 g/mol. The van der Waals surface area contributed by atoms with Crippen LogP contribution in [0.15, 0.2) is 36.7 Å². The fourth-order valence-electron chi connectivity index (χ4n) is 3.28. The van der Waals surface area contributed by atoms with Gasteiger partial charge in [-0.05, 0) is 31.2 Å². The summed E-state index contributed by atoms with van der Waals surface area (Å²) >= 11 is 0. The van der Waals surface area contributed by atoms with E-state index in [0.29, 0.717) is 0 Å². The third kappa shape index (κ3) is 9.36. The van der Waals surface area contributed by atoms with Gasteiger partial charge in [-0.15, -0.1) is 5.10 Å². The van der Waals surface area contributed by atoms with Gasteiger partial charge in [-0.25, -0.2) is 9.59 Å². The Morgan fingerprint density at radius 1 is 1.05 bits per heavy atom. The lowest BCUT2D eigenvalue weighted by Crippen LogP contribution is -2.66. The third-order valence-corrected chi connectivity index (χ3v) is 4.94. The Morgan fingerprint density at radius 3 is 2.11 bits per heavy atom. The Labute approximate surface area is 205 Å². The smallest absolute Gasteiger partial charge is 0.489 e. The monoisotopic (exact) mass is 540 g/mol. The van der Waals surface area contributed by atoms with E-state index < -0.39 is 24.3 Å². The first-order chi connectivity index (χ1) is 17.1. The number of aryl methyl sites for hydroxylation is 1. The molecule has 1 unspecified atom stereocenters. The van der Waals surface area contributed by atoms with Gasteiger partial charge in [0.2, 0.25) is 0 Å². The summed E-state index contributed by atoms with van der Waals surface area (Å²) in [6.45, 7) is 4.37. The molecule has 4 heterocycles. The van der Waals surface area contributed by atoms with Crippen LogP contribution in [0.2, 0.25) is 0 Å². The van der Waals surface area contributed by atoms with E-state index in [-0.39, 0.29) is 11.7 Å². The SMILES string of the molecule is Cc1ccc(N2CC3(CC(Oc4cccnc4)CCO3)C2)nn1.O=C(O)C(F)(F)F.O=C(O)C(F)(F)F. The maximum Gasteiger partial charge on any atom is 0.490 e. The number of carboxylic acid groups (broad SMARTS) is 2. The van der Waals surface area contributed by atoms with Crippen molar-refractivity contribution in [3.05, 3.63) is 42.4 Å². The summed E-state index contributed by atoms with van der Waals surface area (Å²) in [6, 6.07) is 7.85. The fourth-order valence-corrected chi connectivity index (χ4v) is 3.28. The van der Waals surface area contributed by atoms with Gasteiger partial charge in [0.25, 0.3) is 0 Å². The molecule has 16 heteroatoms. The van der Waals surface area contributed by atoms with Gasteiger partial charge < -0.3 is 24.6 Å². The number of anilines is 1. The molecule has 4 rings (SSSR count).